The first kappa shape index (κ1) is 28.0. The van der Waals surface area contributed by atoms with Gasteiger partial charge in [0.1, 0.15) is 5.75 Å². The zero-order valence-electron chi connectivity index (χ0n) is 24.1. The van der Waals surface area contributed by atoms with E-state index in [4.69, 9.17) is 9.16 Å². The van der Waals surface area contributed by atoms with Gasteiger partial charge in [-0.25, -0.2) is 4.79 Å². The predicted octanol–water partition coefficient (Wildman–Crippen LogP) is 7.36. The highest BCUT2D eigenvalue weighted by atomic mass is 28.4. The van der Waals surface area contributed by atoms with Crippen LogP contribution >= 0.6 is 0 Å². The fourth-order valence-electron chi connectivity index (χ4n) is 5.47. The van der Waals surface area contributed by atoms with Crippen LogP contribution in [-0.2, 0) is 4.43 Å². The van der Waals surface area contributed by atoms with E-state index >= 15 is 0 Å². The molecule has 0 spiro atoms. The van der Waals surface area contributed by atoms with Crippen LogP contribution in [0, 0.1) is 11.8 Å². The molecule has 1 heterocycles. The van der Waals surface area contributed by atoms with Crippen LogP contribution in [0.4, 0.5) is 4.79 Å². The lowest BCUT2D eigenvalue weighted by Gasteiger charge is -2.44. The summed E-state index contributed by atoms with van der Waals surface area (Å²) in [4.78, 5) is 43.3. The van der Waals surface area contributed by atoms with E-state index < -0.39 is 26.4 Å². The third-order valence-electron chi connectivity index (χ3n) is 8.76. The zero-order chi connectivity index (χ0) is 28.8. The molecule has 0 unspecified atom stereocenters. The maximum atomic E-state index is 14.2. The van der Waals surface area contributed by atoms with Crippen molar-refractivity contribution in [3.8, 4) is 5.75 Å². The molecular weight excluding hydrogens is 518 g/mol. The highest BCUT2D eigenvalue weighted by Gasteiger charge is 2.48. The highest BCUT2D eigenvalue weighted by molar-refractivity contribution is 6.74. The molecular formula is C33H37NO5Si. The second-order valence-electron chi connectivity index (χ2n) is 12.2. The lowest BCUT2D eigenvalue weighted by Crippen LogP contribution is -2.50. The largest absolute Gasteiger partial charge is 0.420 e. The molecule has 0 N–H and O–H groups in total. The van der Waals surface area contributed by atoms with Crippen LogP contribution in [0.2, 0.25) is 18.1 Å². The van der Waals surface area contributed by atoms with E-state index in [1.54, 1.807) is 54.7 Å². The summed E-state index contributed by atoms with van der Waals surface area (Å²) in [6.07, 6.45) is 5.95. The van der Waals surface area contributed by atoms with Gasteiger partial charge in [-0.05, 0) is 42.3 Å². The van der Waals surface area contributed by atoms with Gasteiger partial charge in [0.25, 0.3) is 0 Å². The summed E-state index contributed by atoms with van der Waals surface area (Å²) in [6, 6.07) is 15.1. The number of para-hydroxylation sites is 1. The molecule has 2 aromatic carbocycles. The lowest BCUT2D eigenvalue weighted by molar-refractivity contribution is 0.0941. The molecule has 3 atom stereocenters. The van der Waals surface area contributed by atoms with Crippen molar-refractivity contribution in [2.24, 2.45) is 11.8 Å². The van der Waals surface area contributed by atoms with Crippen molar-refractivity contribution in [2.45, 2.75) is 58.3 Å². The van der Waals surface area contributed by atoms with E-state index in [2.05, 4.69) is 46.9 Å². The minimum absolute atomic E-state index is 0.00885. The van der Waals surface area contributed by atoms with Crippen LogP contribution in [-0.4, -0.2) is 43.5 Å². The van der Waals surface area contributed by atoms with Gasteiger partial charge < -0.3 is 9.16 Å². The molecule has 1 amide bonds. The van der Waals surface area contributed by atoms with E-state index in [0.717, 1.165) is 12.0 Å². The monoisotopic (exact) mass is 555 g/mol. The summed E-state index contributed by atoms with van der Waals surface area (Å²) >= 11 is 0. The van der Waals surface area contributed by atoms with Gasteiger partial charge in [-0.3, -0.25) is 14.5 Å². The highest BCUT2D eigenvalue weighted by Crippen LogP contribution is 2.46. The van der Waals surface area contributed by atoms with E-state index in [0.29, 0.717) is 34.6 Å². The van der Waals surface area contributed by atoms with Crippen LogP contribution < -0.4 is 4.74 Å². The van der Waals surface area contributed by atoms with Gasteiger partial charge in [0.05, 0.1) is 6.04 Å². The van der Waals surface area contributed by atoms with Crippen molar-refractivity contribution in [1.29, 1.82) is 0 Å². The number of carbonyl (C=O) groups excluding carboxylic acids is 3. The molecule has 0 bridgehead atoms. The minimum Gasteiger partial charge on any atom is -0.416 e. The molecule has 0 fully saturated rings. The zero-order valence-corrected chi connectivity index (χ0v) is 25.1. The maximum absolute atomic E-state index is 14.2. The summed E-state index contributed by atoms with van der Waals surface area (Å²) in [6.45, 7) is 13.3. The number of amides is 1. The Hall–Kier alpha value is -3.55. The Balaban J connectivity index is 1.63. The molecule has 0 aromatic heterocycles. The molecule has 0 saturated carbocycles. The molecule has 1 aliphatic heterocycles. The van der Waals surface area contributed by atoms with Crippen molar-refractivity contribution in [3.63, 3.8) is 0 Å². The van der Waals surface area contributed by atoms with E-state index in [1.807, 2.05) is 12.1 Å². The number of Topliss-reactive ketones (excluding diaryl/α,β-unsaturated/α-hetero) is 2. The molecule has 2 aromatic rings. The number of fused-ring (bicyclic) bond motifs is 3. The van der Waals surface area contributed by atoms with Gasteiger partial charge in [0.15, 0.2) is 19.9 Å². The average Bonchev–Trinajstić information content (AvgIpc) is 2.93. The number of ether oxygens (including phenoxy) is 1. The SMILES string of the molecule is CC[C@@H]1C=CN(C(=O)Oc2ccccc2)[C@@H]2C1=C[C@H](CO[Si](C)(C)C(C)(C)C)C1=C2C(=O)c2ccccc2C1=O. The molecule has 2 aliphatic carbocycles. The third-order valence-corrected chi connectivity index (χ3v) is 13.3. The van der Waals surface area contributed by atoms with E-state index in [1.165, 1.54) is 4.90 Å². The quantitative estimate of drug-likeness (QED) is 0.285. The summed E-state index contributed by atoms with van der Waals surface area (Å²) in [7, 11) is -2.15. The second kappa shape index (κ2) is 10.4. The molecule has 3 aliphatic rings. The Morgan fingerprint density at radius 2 is 1.50 bits per heavy atom. The van der Waals surface area contributed by atoms with Crippen LogP contribution in [0.5, 0.6) is 5.75 Å². The lowest BCUT2D eigenvalue weighted by atomic mass is 9.68. The Morgan fingerprint density at radius 1 is 0.900 bits per heavy atom. The number of hydrogen-bond donors (Lipinski definition) is 0. The van der Waals surface area contributed by atoms with Crippen molar-refractivity contribution in [2.75, 3.05) is 6.61 Å². The summed E-state index contributed by atoms with van der Waals surface area (Å²) in [5, 5.41) is -0.00885. The van der Waals surface area contributed by atoms with Gasteiger partial charge in [0.2, 0.25) is 0 Å². The number of nitrogens with zero attached hydrogens (tertiary/aromatic N) is 1. The number of hydrogen-bond acceptors (Lipinski definition) is 5. The second-order valence-corrected chi connectivity index (χ2v) is 17.0. The fourth-order valence-corrected chi connectivity index (χ4v) is 6.50. The molecule has 40 heavy (non-hydrogen) atoms. The number of allylic oxidation sites excluding steroid dienone is 1. The van der Waals surface area contributed by atoms with Gasteiger partial charge >= 0.3 is 6.09 Å². The first-order chi connectivity index (χ1) is 18.9. The summed E-state index contributed by atoms with van der Waals surface area (Å²) < 4.78 is 12.3. The Morgan fingerprint density at radius 3 is 2.10 bits per heavy atom. The Bertz CT molecular complexity index is 1450. The van der Waals surface area contributed by atoms with Crippen LogP contribution in [0.25, 0.3) is 0 Å². The Kier molecular flexibility index (Phi) is 7.31. The Labute approximate surface area is 237 Å². The maximum Gasteiger partial charge on any atom is 0.420 e. The van der Waals surface area contributed by atoms with E-state index in [9.17, 15) is 14.4 Å². The molecule has 6 nitrogen and oxygen atoms in total. The standard InChI is InChI=1S/C33H37NO5Si/c1-7-21-17-18-34(32(37)39-23-13-9-8-10-14-23)29-26(21)19-22(20-38-40(5,6)33(2,3)4)27-28(29)31(36)25-16-12-11-15-24(25)30(27)35/h8-19,21-22,29H,7,20H2,1-6H3/t21-,22-,29-/m1/s1. The van der Waals surface area contributed by atoms with Crippen LogP contribution in [0.15, 0.2) is 89.7 Å². The fraction of sp³-hybridized carbons (Fsp3) is 0.364. The van der Waals surface area contributed by atoms with Crippen molar-refractivity contribution < 1.29 is 23.5 Å². The number of rotatable bonds is 5. The minimum atomic E-state index is -2.15. The van der Waals surface area contributed by atoms with Crippen molar-refractivity contribution >= 4 is 26.0 Å². The molecule has 7 heteroatoms. The van der Waals surface area contributed by atoms with Crippen LogP contribution in [0.3, 0.4) is 0 Å². The third kappa shape index (κ3) is 4.82. The molecule has 0 saturated heterocycles. The van der Waals surface area contributed by atoms with Gasteiger partial charge in [-0.1, -0.05) is 82.3 Å². The predicted molar refractivity (Wildman–Crippen MR) is 158 cm³/mol. The van der Waals surface area contributed by atoms with Gasteiger partial charge in [-0.2, -0.15) is 0 Å². The summed E-state index contributed by atoms with van der Waals surface area (Å²) in [5.74, 6) is -0.377. The average molecular weight is 556 g/mol. The van der Waals surface area contributed by atoms with Gasteiger partial charge in [-0.15, -0.1) is 0 Å². The normalized spacial score (nSPS) is 22.4. The van der Waals surface area contributed by atoms with Crippen molar-refractivity contribution in [1.82, 2.24) is 4.90 Å². The number of carbonyl (C=O) groups is 3. The smallest absolute Gasteiger partial charge is 0.416 e. The van der Waals surface area contributed by atoms with E-state index in [-0.39, 0.29) is 22.5 Å². The van der Waals surface area contributed by atoms with Crippen LogP contribution in [0.1, 0.15) is 54.8 Å². The van der Waals surface area contributed by atoms with Gasteiger partial charge in [0, 0.05) is 46.9 Å². The summed E-state index contributed by atoms with van der Waals surface area (Å²) in [5.41, 5.74) is 2.49. The van der Waals surface area contributed by atoms with Crippen molar-refractivity contribution in [3.05, 3.63) is 101 Å². The molecule has 208 valence electrons. The molecule has 0 radical (unpaired) electrons. The number of benzene rings is 2. The topological polar surface area (TPSA) is 72.9 Å². The first-order valence-corrected chi connectivity index (χ1v) is 16.9. The molecule has 5 rings (SSSR count). The number of ketones is 2. The first-order valence-electron chi connectivity index (χ1n) is 14.0.